The van der Waals surface area contributed by atoms with Crippen LogP contribution < -0.4 is 21.5 Å². The summed E-state index contributed by atoms with van der Waals surface area (Å²) in [5, 5.41) is 12.3. The standard InChI is InChI=1S/C26H32N6O3S.ClH/c27-22-9-3-5-18(13-22)14-24(25(33)30-16-19-6-4-12-32(17-19)26(28)29)31-36(34,35)23-11-10-20-7-1-2-8-21(20)15-23;/h1-3,5,7-11,13,15,19,24,31H,4,6,12,14,16-17,27H2,(H3,28,29)(H,30,33);1H/t19-,24+;/m1./s1. The monoisotopic (exact) mass is 544 g/mol. The number of carbonyl (C=O) groups excluding carboxylic acids is 1. The molecule has 1 amide bonds. The zero-order chi connectivity index (χ0) is 25.7. The summed E-state index contributed by atoms with van der Waals surface area (Å²) in [6, 6.07) is 18.4. The molecule has 37 heavy (non-hydrogen) atoms. The Morgan fingerprint density at radius 1 is 1.08 bits per heavy atom. The summed E-state index contributed by atoms with van der Waals surface area (Å²) in [4.78, 5) is 15.1. The molecule has 3 aromatic rings. The van der Waals surface area contributed by atoms with E-state index in [1.54, 1.807) is 41.3 Å². The van der Waals surface area contributed by atoms with Gasteiger partial charge in [0.1, 0.15) is 6.04 Å². The van der Waals surface area contributed by atoms with E-state index in [-0.39, 0.29) is 35.6 Å². The summed E-state index contributed by atoms with van der Waals surface area (Å²) < 4.78 is 29.2. The molecule has 198 valence electrons. The molecule has 3 aromatic carbocycles. The minimum absolute atomic E-state index is 0. The zero-order valence-electron chi connectivity index (χ0n) is 20.4. The summed E-state index contributed by atoms with van der Waals surface area (Å²) in [5.41, 5.74) is 12.8. The number of likely N-dealkylation sites (tertiary alicyclic amines) is 1. The van der Waals surface area contributed by atoms with Crippen LogP contribution in [0, 0.1) is 11.3 Å². The quantitative estimate of drug-likeness (QED) is 0.167. The number of nitrogens with two attached hydrogens (primary N) is 2. The van der Waals surface area contributed by atoms with Crippen molar-refractivity contribution in [2.45, 2.75) is 30.2 Å². The number of nitrogens with zero attached hydrogens (tertiary/aromatic N) is 1. The Morgan fingerprint density at radius 3 is 2.57 bits per heavy atom. The number of hydrogen-bond acceptors (Lipinski definition) is 5. The van der Waals surface area contributed by atoms with Crippen molar-refractivity contribution in [3.8, 4) is 0 Å². The molecule has 1 aliphatic heterocycles. The highest BCUT2D eigenvalue weighted by atomic mass is 35.5. The molecule has 0 radical (unpaired) electrons. The van der Waals surface area contributed by atoms with Crippen LogP contribution in [-0.2, 0) is 21.2 Å². The minimum atomic E-state index is -3.98. The molecule has 7 N–H and O–H groups in total. The number of anilines is 1. The Balaban J connectivity index is 0.00000380. The first-order valence-electron chi connectivity index (χ1n) is 11.9. The molecule has 1 heterocycles. The van der Waals surface area contributed by atoms with E-state index in [2.05, 4.69) is 10.0 Å². The summed E-state index contributed by atoms with van der Waals surface area (Å²) in [7, 11) is -3.98. The molecule has 0 bridgehead atoms. The molecule has 9 nitrogen and oxygen atoms in total. The normalized spacial score (nSPS) is 16.5. The van der Waals surface area contributed by atoms with Gasteiger partial charge in [0.2, 0.25) is 15.9 Å². The van der Waals surface area contributed by atoms with Crippen molar-refractivity contribution in [1.29, 1.82) is 5.41 Å². The van der Waals surface area contributed by atoms with E-state index < -0.39 is 22.0 Å². The summed E-state index contributed by atoms with van der Waals surface area (Å²) in [6.07, 6.45) is 1.92. The van der Waals surface area contributed by atoms with Gasteiger partial charge in [-0.05, 0) is 65.8 Å². The number of hydrogen-bond donors (Lipinski definition) is 5. The molecule has 0 aliphatic carbocycles. The van der Waals surface area contributed by atoms with Gasteiger partial charge in [-0.15, -0.1) is 12.4 Å². The largest absolute Gasteiger partial charge is 0.399 e. The van der Waals surface area contributed by atoms with Gasteiger partial charge in [0.05, 0.1) is 4.90 Å². The second-order valence-electron chi connectivity index (χ2n) is 9.22. The number of rotatable bonds is 8. The topological polar surface area (TPSA) is 154 Å². The number of nitrogens with one attached hydrogen (secondary N) is 3. The van der Waals surface area contributed by atoms with E-state index in [4.69, 9.17) is 16.9 Å². The van der Waals surface area contributed by atoms with Crippen molar-refractivity contribution in [3.63, 3.8) is 0 Å². The van der Waals surface area contributed by atoms with Crippen LogP contribution in [0.4, 0.5) is 5.69 Å². The maximum absolute atomic E-state index is 13.3. The molecule has 0 spiro atoms. The number of halogens is 1. The predicted octanol–water partition coefficient (Wildman–Crippen LogP) is 2.46. The number of piperidine rings is 1. The van der Waals surface area contributed by atoms with Gasteiger partial charge in [0, 0.05) is 25.3 Å². The Labute approximate surface area is 223 Å². The van der Waals surface area contributed by atoms with E-state index >= 15 is 0 Å². The van der Waals surface area contributed by atoms with Gasteiger partial charge in [-0.2, -0.15) is 4.72 Å². The van der Waals surface area contributed by atoms with Crippen molar-refractivity contribution in [1.82, 2.24) is 14.9 Å². The Hall–Kier alpha value is -3.34. The molecule has 0 saturated carbocycles. The zero-order valence-corrected chi connectivity index (χ0v) is 22.0. The van der Waals surface area contributed by atoms with Crippen LogP contribution in [0.1, 0.15) is 18.4 Å². The molecule has 1 aliphatic rings. The summed E-state index contributed by atoms with van der Waals surface area (Å²) in [5.74, 6) is -0.271. The van der Waals surface area contributed by atoms with Crippen molar-refractivity contribution in [2.75, 3.05) is 25.4 Å². The lowest BCUT2D eigenvalue weighted by Crippen LogP contribution is -2.51. The van der Waals surface area contributed by atoms with Gasteiger partial charge in [-0.3, -0.25) is 10.2 Å². The van der Waals surface area contributed by atoms with Gasteiger partial charge >= 0.3 is 0 Å². The Bertz CT molecular complexity index is 1370. The molecular weight excluding hydrogens is 512 g/mol. The highest BCUT2D eigenvalue weighted by Gasteiger charge is 2.28. The summed E-state index contributed by atoms with van der Waals surface area (Å²) in [6.45, 7) is 1.68. The first-order valence-corrected chi connectivity index (χ1v) is 13.4. The Morgan fingerprint density at radius 2 is 1.84 bits per heavy atom. The van der Waals surface area contributed by atoms with Gasteiger partial charge in [0.25, 0.3) is 0 Å². The molecule has 11 heteroatoms. The number of carbonyl (C=O) groups is 1. The van der Waals surface area contributed by atoms with Gasteiger partial charge in [0.15, 0.2) is 5.96 Å². The van der Waals surface area contributed by atoms with Gasteiger partial charge in [-0.1, -0.05) is 42.5 Å². The van der Waals surface area contributed by atoms with Crippen molar-refractivity contribution < 1.29 is 13.2 Å². The molecule has 4 rings (SSSR count). The third-order valence-corrected chi connectivity index (χ3v) is 7.93. The first-order chi connectivity index (χ1) is 17.2. The smallest absolute Gasteiger partial charge is 0.241 e. The fourth-order valence-electron chi connectivity index (χ4n) is 4.55. The Kier molecular flexibility index (Phi) is 9.36. The first kappa shape index (κ1) is 28.2. The van der Waals surface area contributed by atoms with E-state index in [0.717, 1.165) is 35.7 Å². The van der Waals surface area contributed by atoms with Crippen molar-refractivity contribution >= 4 is 50.8 Å². The lowest BCUT2D eigenvalue weighted by Gasteiger charge is -2.33. The molecular formula is C26H33ClN6O3S. The maximum Gasteiger partial charge on any atom is 0.241 e. The van der Waals surface area contributed by atoms with Gasteiger partial charge < -0.3 is 21.7 Å². The molecule has 1 fully saturated rings. The fraction of sp³-hybridized carbons (Fsp3) is 0.308. The SMILES string of the molecule is Cl.N=C(N)N1CCC[C@H](CNC(=O)[C@H](Cc2cccc(N)c2)NS(=O)(=O)c2ccc3ccccc3c2)C1. The van der Waals surface area contributed by atoms with Crippen LogP contribution in [0.15, 0.2) is 71.6 Å². The van der Waals surface area contributed by atoms with Crippen LogP contribution in [0.25, 0.3) is 10.8 Å². The van der Waals surface area contributed by atoms with E-state index in [1.165, 1.54) is 0 Å². The predicted molar refractivity (Wildman–Crippen MR) is 149 cm³/mol. The molecule has 0 aromatic heterocycles. The van der Waals surface area contributed by atoms with Crippen LogP contribution >= 0.6 is 12.4 Å². The second kappa shape index (κ2) is 12.3. The van der Waals surface area contributed by atoms with E-state index in [0.29, 0.717) is 18.8 Å². The highest BCUT2D eigenvalue weighted by molar-refractivity contribution is 7.89. The molecule has 2 atom stereocenters. The van der Waals surface area contributed by atoms with E-state index in [9.17, 15) is 13.2 Å². The summed E-state index contributed by atoms with van der Waals surface area (Å²) >= 11 is 0. The van der Waals surface area contributed by atoms with Crippen molar-refractivity contribution in [2.24, 2.45) is 11.7 Å². The fourth-order valence-corrected chi connectivity index (χ4v) is 5.78. The average Bonchev–Trinajstić information content (AvgIpc) is 2.86. The minimum Gasteiger partial charge on any atom is -0.399 e. The van der Waals surface area contributed by atoms with Crippen LogP contribution in [-0.4, -0.2) is 50.9 Å². The van der Waals surface area contributed by atoms with Crippen LogP contribution in [0.5, 0.6) is 0 Å². The van der Waals surface area contributed by atoms with Crippen molar-refractivity contribution in [3.05, 3.63) is 72.3 Å². The van der Waals surface area contributed by atoms with Crippen LogP contribution in [0.3, 0.4) is 0 Å². The average molecular weight is 545 g/mol. The maximum atomic E-state index is 13.3. The number of benzene rings is 3. The number of guanidine groups is 1. The number of nitrogen functional groups attached to an aromatic ring is 1. The number of amides is 1. The third-order valence-electron chi connectivity index (χ3n) is 6.46. The van der Waals surface area contributed by atoms with E-state index in [1.807, 2.05) is 30.3 Å². The number of sulfonamides is 1. The lowest BCUT2D eigenvalue weighted by molar-refractivity contribution is -0.122. The van der Waals surface area contributed by atoms with Crippen LogP contribution in [0.2, 0.25) is 0 Å². The second-order valence-corrected chi connectivity index (χ2v) is 10.9. The molecule has 0 unspecified atom stereocenters. The molecule has 1 saturated heterocycles. The third kappa shape index (κ3) is 7.34. The number of fused-ring (bicyclic) bond motifs is 1. The van der Waals surface area contributed by atoms with Gasteiger partial charge in [-0.25, -0.2) is 8.42 Å². The highest BCUT2D eigenvalue weighted by Crippen LogP contribution is 2.20. The lowest BCUT2D eigenvalue weighted by atomic mass is 9.98.